The Morgan fingerprint density at radius 1 is 1.52 bits per heavy atom. The number of aromatic nitrogens is 3. The molecular weight excluding hydrogens is 273 g/mol. The van der Waals surface area contributed by atoms with Crippen LogP contribution in [0.15, 0.2) is 24.4 Å². The fourth-order valence-electron chi connectivity index (χ4n) is 1.84. The van der Waals surface area contributed by atoms with Crippen molar-refractivity contribution in [3.05, 3.63) is 41.5 Å². The van der Waals surface area contributed by atoms with Crippen LogP contribution in [0, 0.1) is 12.7 Å². The number of halogens is 1. The van der Waals surface area contributed by atoms with E-state index in [1.54, 1.807) is 19.2 Å². The number of amides is 1. The molecular formula is C14H18FN5O. The first-order chi connectivity index (χ1) is 9.99. The molecule has 1 unspecified atom stereocenters. The highest BCUT2D eigenvalue weighted by atomic mass is 19.1. The zero-order chi connectivity index (χ0) is 15.4. The van der Waals surface area contributed by atoms with Crippen LogP contribution < -0.4 is 11.1 Å². The summed E-state index contributed by atoms with van der Waals surface area (Å²) in [5, 5.41) is 10.4. The van der Waals surface area contributed by atoms with Gasteiger partial charge in [0.25, 0.3) is 0 Å². The summed E-state index contributed by atoms with van der Waals surface area (Å²) < 4.78 is 14.6. The molecule has 1 aromatic heterocycles. The van der Waals surface area contributed by atoms with Crippen molar-refractivity contribution in [2.45, 2.75) is 32.9 Å². The second kappa shape index (κ2) is 6.45. The summed E-state index contributed by atoms with van der Waals surface area (Å²) in [6.45, 7) is 3.74. The highest BCUT2D eigenvalue weighted by molar-refractivity contribution is 5.91. The molecule has 0 radical (unpaired) electrons. The lowest BCUT2D eigenvalue weighted by molar-refractivity contribution is -0.116. The van der Waals surface area contributed by atoms with Crippen LogP contribution in [0.1, 0.15) is 30.6 Å². The molecule has 1 aromatic carbocycles. The van der Waals surface area contributed by atoms with Crippen LogP contribution in [0.25, 0.3) is 0 Å². The zero-order valence-corrected chi connectivity index (χ0v) is 12.0. The Balaban J connectivity index is 2.01. The SMILES string of the molecule is CCC(N)c1cn(CC(=O)Nc2cc(F)ccc2C)nn1. The van der Waals surface area contributed by atoms with Gasteiger partial charge in [0.2, 0.25) is 5.91 Å². The third kappa shape index (κ3) is 3.85. The van der Waals surface area contributed by atoms with E-state index in [0.29, 0.717) is 11.4 Å². The maximum atomic E-state index is 13.2. The first-order valence-electron chi connectivity index (χ1n) is 6.71. The predicted octanol–water partition coefficient (Wildman–Crippen LogP) is 1.77. The van der Waals surface area contributed by atoms with Crippen molar-refractivity contribution in [3.63, 3.8) is 0 Å². The molecule has 7 heteroatoms. The van der Waals surface area contributed by atoms with E-state index < -0.39 is 5.82 Å². The average molecular weight is 291 g/mol. The first-order valence-corrected chi connectivity index (χ1v) is 6.71. The van der Waals surface area contributed by atoms with E-state index in [1.807, 2.05) is 6.92 Å². The van der Waals surface area contributed by atoms with E-state index in [-0.39, 0.29) is 18.5 Å². The summed E-state index contributed by atoms with van der Waals surface area (Å²) in [6.07, 6.45) is 2.39. The number of carbonyl (C=O) groups excluding carboxylic acids is 1. The van der Waals surface area contributed by atoms with E-state index in [0.717, 1.165) is 12.0 Å². The summed E-state index contributed by atoms with van der Waals surface area (Å²) in [7, 11) is 0. The number of nitrogens with zero attached hydrogens (tertiary/aromatic N) is 3. The maximum absolute atomic E-state index is 13.2. The average Bonchev–Trinajstić information content (AvgIpc) is 2.90. The van der Waals surface area contributed by atoms with Gasteiger partial charge in [-0.25, -0.2) is 9.07 Å². The maximum Gasteiger partial charge on any atom is 0.246 e. The van der Waals surface area contributed by atoms with Crippen LogP contribution in [-0.4, -0.2) is 20.9 Å². The fourth-order valence-corrected chi connectivity index (χ4v) is 1.84. The Hall–Kier alpha value is -2.28. The monoisotopic (exact) mass is 291 g/mol. The molecule has 0 aliphatic heterocycles. The van der Waals surface area contributed by atoms with Crippen molar-refractivity contribution in [2.24, 2.45) is 5.73 Å². The number of rotatable bonds is 5. The zero-order valence-electron chi connectivity index (χ0n) is 12.0. The van der Waals surface area contributed by atoms with Gasteiger partial charge in [-0.1, -0.05) is 18.2 Å². The largest absolute Gasteiger partial charge is 0.324 e. The van der Waals surface area contributed by atoms with Crippen LogP contribution >= 0.6 is 0 Å². The summed E-state index contributed by atoms with van der Waals surface area (Å²) in [6, 6.07) is 4.05. The van der Waals surface area contributed by atoms with Gasteiger partial charge in [-0.15, -0.1) is 5.10 Å². The number of anilines is 1. The summed E-state index contributed by atoms with van der Waals surface area (Å²) >= 11 is 0. The van der Waals surface area contributed by atoms with Crippen LogP contribution in [0.5, 0.6) is 0 Å². The van der Waals surface area contributed by atoms with Gasteiger partial charge in [0, 0.05) is 5.69 Å². The number of carbonyl (C=O) groups is 1. The Bertz CT molecular complexity index is 640. The third-order valence-corrected chi connectivity index (χ3v) is 3.16. The number of nitrogens with one attached hydrogen (secondary N) is 1. The van der Waals surface area contributed by atoms with Gasteiger partial charge >= 0.3 is 0 Å². The first kappa shape index (κ1) is 15.1. The number of benzene rings is 1. The number of aryl methyl sites for hydroxylation is 1. The quantitative estimate of drug-likeness (QED) is 0.879. The van der Waals surface area contributed by atoms with Crippen molar-refractivity contribution < 1.29 is 9.18 Å². The van der Waals surface area contributed by atoms with Crippen LogP contribution in [-0.2, 0) is 11.3 Å². The van der Waals surface area contributed by atoms with Gasteiger partial charge in [-0.2, -0.15) is 0 Å². The molecule has 0 aliphatic carbocycles. The number of hydrogen-bond donors (Lipinski definition) is 2. The number of hydrogen-bond acceptors (Lipinski definition) is 4. The highest BCUT2D eigenvalue weighted by Crippen LogP contribution is 2.16. The lowest BCUT2D eigenvalue weighted by Crippen LogP contribution is -2.19. The summed E-state index contributed by atoms with van der Waals surface area (Å²) in [4.78, 5) is 11.9. The molecule has 2 aromatic rings. The standard InChI is InChI=1S/C14H18FN5O/c1-3-11(16)13-7-20(19-18-13)8-14(21)17-12-6-10(15)5-4-9(12)2/h4-7,11H,3,8,16H2,1-2H3,(H,17,21). The molecule has 0 saturated carbocycles. The minimum absolute atomic E-state index is 0.000608. The molecule has 0 bridgehead atoms. The molecule has 21 heavy (non-hydrogen) atoms. The van der Waals surface area contributed by atoms with Gasteiger partial charge in [-0.05, 0) is 31.0 Å². The fraction of sp³-hybridized carbons (Fsp3) is 0.357. The molecule has 112 valence electrons. The molecule has 1 amide bonds. The van der Waals surface area contributed by atoms with Gasteiger partial charge in [-0.3, -0.25) is 4.79 Å². The molecule has 0 fully saturated rings. The Morgan fingerprint density at radius 3 is 3.00 bits per heavy atom. The van der Waals surface area contributed by atoms with Crippen molar-refractivity contribution in [2.75, 3.05) is 5.32 Å². The van der Waals surface area contributed by atoms with Gasteiger partial charge in [0.15, 0.2) is 0 Å². The molecule has 1 heterocycles. The van der Waals surface area contributed by atoms with Gasteiger partial charge < -0.3 is 11.1 Å². The van der Waals surface area contributed by atoms with Crippen LogP contribution in [0.3, 0.4) is 0 Å². The van der Waals surface area contributed by atoms with Crippen molar-refractivity contribution in [1.29, 1.82) is 0 Å². The highest BCUT2D eigenvalue weighted by Gasteiger charge is 2.11. The number of nitrogens with two attached hydrogens (primary N) is 1. The molecule has 3 N–H and O–H groups in total. The Morgan fingerprint density at radius 2 is 2.29 bits per heavy atom. The Labute approximate surface area is 122 Å². The lowest BCUT2D eigenvalue weighted by Gasteiger charge is -2.08. The Kier molecular flexibility index (Phi) is 4.64. The van der Waals surface area contributed by atoms with Crippen molar-refractivity contribution in [1.82, 2.24) is 15.0 Å². The topological polar surface area (TPSA) is 85.8 Å². The van der Waals surface area contributed by atoms with Gasteiger partial charge in [0.05, 0.1) is 17.9 Å². The predicted molar refractivity (Wildman–Crippen MR) is 77.0 cm³/mol. The molecule has 0 spiro atoms. The van der Waals surface area contributed by atoms with E-state index in [4.69, 9.17) is 5.73 Å². The van der Waals surface area contributed by atoms with Crippen LogP contribution in [0.4, 0.5) is 10.1 Å². The van der Waals surface area contributed by atoms with E-state index >= 15 is 0 Å². The molecule has 6 nitrogen and oxygen atoms in total. The molecule has 0 aliphatic rings. The second-order valence-corrected chi connectivity index (χ2v) is 4.86. The van der Waals surface area contributed by atoms with Crippen molar-refractivity contribution >= 4 is 11.6 Å². The lowest BCUT2D eigenvalue weighted by atomic mass is 10.2. The summed E-state index contributed by atoms with van der Waals surface area (Å²) in [5.41, 5.74) is 7.72. The minimum atomic E-state index is -0.395. The van der Waals surface area contributed by atoms with E-state index in [1.165, 1.54) is 16.8 Å². The van der Waals surface area contributed by atoms with Gasteiger partial charge in [0.1, 0.15) is 12.4 Å². The third-order valence-electron chi connectivity index (χ3n) is 3.16. The molecule has 2 rings (SSSR count). The van der Waals surface area contributed by atoms with E-state index in [9.17, 15) is 9.18 Å². The van der Waals surface area contributed by atoms with Crippen LogP contribution in [0.2, 0.25) is 0 Å². The van der Waals surface area contributed by atoms with E-state index in [2.05, 4.69) is 15.6 Å². The smallest absolute Gasteiger partial charge is 0.246 e. The summed E-state index contributed by atoms with van der Waals surface area (Å²) in [5.74, 6) is -0.696. The minimum Gasteiger partial charge on any atom is -0.324 e. The molecule has 1 atom stereocenters. The van der Waals surface area contributed by atoms with Crippen molar-refractivity contribution in [3.8, 4) is 0 Å². The molecule has 0 saturated heterocycles. The normalized spacial score (nSPS) is 12.2. The second-order valence-electron chi connectivity index (χ2n) is 4.86.